The van der Waals surface area contributed by atoms with Gasteiger partial charge in [-0.3, -0.25) is 4.79 Å². The summed E-state index contributed by atoms with van der Waals surface area (Å²) >= 11 is 0. The van der Waals surface area contributed by atoms with Crippen LogP contribution in [-0.2, 0) is 0 Å². The molecule has 0 radical (unpaired) electrons. The Hall–Kier alpha value is -2.44. The molecule has 2 atom stereocenters. The van der Waals surface area contributed by atoms with E-state index < -0.39 is 0 Å². The van der Waals surface area contributed by atoms with Gasteiger partial charge in [0.05, 0.1) is 17.8 Å². The monoisotopic (exact) mass is 376 g/mol. The van der Waals surface area contributed by atoms with Crippen molar-refractivity contribution in [1.29, 1.82) is 0 Å². The van der Waals surface area contributed by atoms with E-state index in [1.807, 2.05) is 58.9 Å². The Morgan fingerprint density at radius 2 is 2.00 bits per heavy atom. The second kappa shape index (κ2) is 8.50. The highest BCUT2D eigenvalue weighted by atomic mass is 16.5. The summed E-state index contributed by atoms with van der Waals surface area (Å²) < 4.78 is 6.38. The normalized spacial score (nSPS) is 19.7. The summed E-state index contributed by atoms with van der Waals surface area (Å²) in [4.78, 5) is 30.4. The van der Waals surface area contributed by atoms with Crippen LogP contribution in [0, 0.1) is 5.92 Å². The van der Waals surface area contributed by atoms with Gasteiger partial charge in [0.2, 0.25) is 0 Å². The van der Waals surface area contributed by atoms with Crippen LogP contribution in [-0.4, -0.2) is 75.2 Å². The van der Waals surface area contributed by atoms with Crippen molar-refractivity contribution < 1.29 is 14.3 Å². The summed E-state index contributed by atoms with van der Waals surface area (Å²) in [5.74, 6) is 0.593. The number of fused-ring (bicyclic) bond motifs is 1. The number of anilines is 1. The maximum Gasteiger partial charge on any atom is 0.317 e. The number of ether oxygens (including phenoxy) is 1. The molecule has 0 aromatic heterocycles. The number of amides is 3. The van der Waals surface area contributed by atoms with Crippen LogP contribution in [0.25, 0.3) is 0 Å². The van der Waals surface area contributed by atoms with Crippen LogP contribution in [0.2, 0.25) is 0 Å². The fourth-order valence-electron chi connectivity index (χ4n) is 3.20. The highest BCUT2D eigenvalue weighted by molar-refractivity contribution is 5.99. The van der Waals surface area contributed by atoms with Crippen molar-refractivity contribution >= 4 is 17.6 Å². The highest BCUT2D eigenvalue weighted by Crippen LogP contribution is 2.35. The third-order valence-corrected chi connectivity index (χ3v) is 4.73. The zero-order valence-corrected chi connectivity index (χ0v) is 17.4. The second-order valence-electron chi connectivity index (χ2n) is 7.85. The van der Waals surface area contributed by atoms with Gasteiger partial charge in [-0.25, -0.2) is 4.79 Å². The van der Waals surface area contributed by atoms with E-state index in [1.54, 1.807) is 22.9 Å². The van der Waals surface area contributed by atoms with Crippen LogP contribution in [0.3, 0.4) is 0 Å². The van der Waals surface area contributed by atoms with Crippen LogP contribution < -0.4 is 15.0 Å². The molecule has 1 N–H and O–H groups in total. The van der Waals surface area contributed by atoms with Crippen molar-refractivity contribution in [1.82, 2.24) is 15.1 Å². The molecule has 0 aliphatic carbocycles. The van der Waals surface area contributed by atoms with E-state index in [1.165, 1.54) is 0 Å². The number of hydrogen-bond acceptors (Lipinski definition) is 4. The largest absolute Gasteiger partial charge is 0.485 e. The number of rotatable bonds is 4. The van der Waals surface area contributed by atoms with E-state index >= 15 is 0 Å². The summed E-state index contributed by atoms with van der Waals surface area (Å²) in [6, 6.07) is 5.54. The molecule has 150 valence electrons. The molecule has 7 heteroatoms. The molecule has 27 heavy (non-hydrogen) atoms. The minimum absolute atomic E-state index is 0.0510. The minimum Gasteiger partial charge on any atom is -0.485 e. The number of para-hydroxylation sites is 1. The number of carbonyl (C=O) groups excluding carboxylic acids is 2. The van der Waals surface area contributed by atoms with Crippen molar-refractivity contribution in [2.24, 2.45) is 5.92 Å². The predicted molar refractivity (Wildman–Crippen MR) is 108 cm³/mol. The average molecular weight is 377 g/mol. The van der Waals surface area contributed by atoms with Crippen molar-refractivity contribution in [3.63, 3.8) is 0 Å². The highest BCUT2D eigenvalue weighted by Gasteiger charge is 2.32. The zero-order chi connectivity index (χ0) is 20.3. The molecular formula is C20H32N4O3. The van der Waals surface area contributed by atoms with E-state index in [4.69, 9.17) is 4.74 Å². The van der Waals surface area contributed by atoms with Gasteiger partial charge in [-0.1, -0.05) is 13.0 Å². The first-order chi connectivity index (χ1) is 12.6. The van der Waals surface area contributed by atoms with E-state index in [0.29, 0.717) is 24.4 Å². The Bertz CT molecular complexity index is 690. The molecular weight excluding hydrogens is 344 g/mol. The van der Waals surface area contributed by atoms with E-state index in [2.05, 4.69) is 5.32 Å². The molecule has 0 saturated heterocycles. The summed E-state index contributed by atoms with van der Waals surface area (Å²) in [5.41, 5.74) is 1.40. The third-order valence-electron chi connectivity index (χ3n) is 4.73. The van der Waals surface area contributed by atoms with E-state index in [-0.39, 0.29) is 30.0 Å². The first-order valence-electron chi connectivity index (χ1n) is 9.35. The van der Waals surface area contributed by atoms with Crippen molar-refractivity contribution in [3.05, 3.63) is 23.8 Å². The zero-order valence-electron chi connectivity index (χ0n) is 17.4. The molecule has 3 amide bonds. The van der Waals surface area contributed by atoms with Gasteiger partial charge in [-0.15, -0.1) is 0 Å². The quantitative estimate of drug-likeness (QED) is 0.876. The topological polar surface area (TPSA) is 65.1 Å². The summed E-state index contributed by atoms with van der Waals surface area (Å²) in [5, 5.41) is 2.90. The minimum atomic E-state index is -0.233. The van der Waals surface area contributed by atoms with Gasteiger partial charge in [0.15, 0.2) is 5.75 Å². The molecule has 0 saturated carbocycles. The Labute approximate surface area is 162 Å². The number of hydrogen-bond donors (Lipinski definition) is 1. The molecule has 2 rings (SSSR count). The Morgan fingerprint density at radius 3 is 2.59 bits per heavy atom. The van der Waals surface area contributed by atoms with Crippen molar-refractivity contribution in [3.8, 4) is 5.75 Å². The maximum absolute atomic E-state index is 12.8. The second-order valence-corrected chi connectivity index (χ2v) is 7.85. The Morgan fingerprint density at radius 1 is 1.33 bits per heavy atom. The van der Waals surface area contributed by atoms with Gasteiger partial charge in [0, 0.05) is 46.7 Å². The molecule has 1 heterocycles. The number of urea groups is 1. The lowest BCUT2D eigenvalue weighted by atomic mass is 10.0. The SMILES string of the molecule is CC(C)NC(=O)N(C)C[C@@H]1Oc2c(cccc2N(C)C)C(=O)N(C)C[C@@H]1C. The Kier molecular flexibility index (Phi) is 6.57. The van der Waals surface area contributed by atoms with Gasteiger partial charge in [0.25, 0.3) is 5.91 Å². The summed E-state index contributed by atoms with van der Waals surface area (Å²) in [6.45, 7) is 6.91. The van der Waals surface area contributed by atoms with Crippen molar-refractivity contribution in [2.75, 3.05) is 46.2 Å². The van der Waals surface area contributed by atoms with Gasteiger partial charge < -0.3 is 24.8 Å². The lowest BCUT2D eigenvalue weighted by molar-refractivity contribution is 0.0578. The van der Waals surface area contributed by atoms with Crippen LogP contribution in [0.1, 0.15) is 31.1 Å². The van der Waals surface area contributed by atoms with Gasteiger partial charge in [0.1, 0.15) is 6.10 Å². The molecule has 1 aliphatic rings. The lowest BCUT2D eigenvalue weighted by Crippen LogP contribution is -2.49. The first-order valence-corrected chi connectivity index (χ1v) is 9.35. The van der Waals surface area contributed by atoms with E-state index in [0.717, 1.165) is 5.69 Å². The smallest absolute Gasteiger partial charge is 0.317 e. The van der Waals surface area contributed by atoms with Crippen LogP contribution in [0.5, 0.6) is 5.75 Å². The van der Waals surface area contributed by atoms with E-state index in [9.17, 15) is 9.59 Å². The van der Waals surface area contributed by atoms with Crippen LogP contribution in [0.4, 0.5) is 10.5 Å². The number of benzene rings is 1. The molecule has 1 aromatic rings. The molecule has 0 unspecified atom stereocenters. The first kappa shape index (κ1) is 20.9. The molecule has 1 aromatic carbocycles. The fraction of sp³-hybridized carbons (Fsp3) is 0.600. The summed E-state index contributed by atoms with van der Waals surface area (Å²) in [7, 11) is 7.42. The molecule has 0 fully saturated rings. The molecule has 1 aliphatic heterocycles. The summed E-state index contributed by atoms with van der Waals surface area (Å²) in [6.07, 6.45) is -0.233. The number of nitrogens with zero attached hydrogens (tertiary/aromatic N) is 3. The molecule has 7 nitrogen and oxygen atoms in total. The molecule has 0 spiro atoms. The number of nitrogens with one attached hydrogen (secondary N) is 1. The Balaban J connectivity index is 2.36. The lowest BCUT2D eigenvalue weighted by Gasteiger charge is -2.36. The third kappa shape index (κ3) is 4.84. The predicted octanol–water partition coefficient (Wildman–Crippen LogP) is 2.27. The number of likely N-dealkylation sites (N-methyl/N-ethyl adjacent to an activating group) is 1. The maximum atomic E-state index is 12.8. The average Bonchev–Trinajstić information content (AvgIpc) is 2.58. The number of carbonyl (C=O) groups is 2. The molecule has 0 bridgehead atoms. The van der Waals surface area contributed by atoms with Crippen LogP contribution >= 0.6 is 0 Å². The fourth-order valence-corrected chi connectivity index (χ4v) is 3.20. The van der Waals surface area contributed by atoms with Crippen molar-refractivity contribution in [2.45, 2.75) is 32.9 Å². The van der Waals surface area contributed by atoms with Crippen LogP contribution in [0.15, 0.2) is 18.2 Å². The van der Waals surface area contributed by atoms with Gasteiger partial charge >= 0.3 is 6.03 Å². The van der Waals surface area contributed by atoms with Gasteiger partial charge in [-0.2, -0.15) is 0 Å². The van der Waals surface area contributed by atoms with Gasteiger partial charge in [-0.05, 0) is 26.0 Å². The standard InChI is InChI=1S/C20H32N4O3/c1-13(2)21-20(26)24(7)12-17-14(3)11-23(6)19(25)15-9-8-10-16(22(4)5)18(15)27-17/h8-10,13-14,17H,11-12H2,1-7H3,(H,21,26)/t14-,17-/m0/s1.